The van der Waals surface area contributed by atoms with Crippen molar-refractivity contribution in [2.24, 2.45) is 0 Å². The number of hydrogen-bond donors (Lipinski definition) is 1. The van der Waals surface area contributed by atoms with Crippen LogP contribution in [0.2, 0.25) is 0 Å². The molecule has 1 N–H and O–H groups in total. The predicted octanol–water partition coefficient (Wildman–Crippen LogP) is 0.688. The van der Waals surface area contributed by atoms with Gasteiger partial charge in [-0.2, -0.15) is 5.10 Å². The zero-order valence-corrected chi connectivity index (χ0v) is 11.5. The van der Waals surface area contributed by atoms with Crippen molar-refractivity contribution < 1.29 is 4.79 Å². The van der Waals surface area contributed by atoms with E-state index in [1.807, 2.05) is 19.2 Å². The molecule has 1 aliphatic heterocycles. The number of carbonyl (C=O) groups is 1. The maximum atomic E-state index is 12.2. The molecule has 3 heterocycles. The zero-order valence-electron chi connectivity index (χ0n) is 11.5. The lowest BCUT2D eigenvalue weighted by atomic mass is 10.2. The lowest BCUT2D eigenvalue weighted by Crippen LogP contribution is -2.33. The standard InChI is InChI=1S/C13H18N6O/c1-2-10(19-8-4-6-15-19)13(20)14-9-12-17-16-11-5-3-7-18(11)12/h4,6,8,10H,2-3,5,7,9H2,1H3,(H,14,20). The van der Waals surface area contributed by atoms with Gasteiger partial charge in [0.05, 0.1) is 6.54 Å². The van der Waals surface area contributed by atoms with Crippen molar-refractivity contribution in [2.45, 2.75) is 45.3 Å². The van der Waals surface area contributed by atoms with Crippen LogP contribution in [0, 0.1) is 0 Å². The van der Waals surface area contributed by atoms with Crippen molar-refractivity contribution in [3.63, 3.8) is 0 Å². The Bertz CT molecular complexity index is 588. The number of carbonyl (C=O) groups excluding carboxylic acids is 1. The molecule has 0 saturated carbocycles. The third-order valence-corrected chi connectivity index (χ3v) is 3.64. The summed E-state index contributed by atoms with van der Waals surface area (Å²) in [6.07, 6.45) is 6.28. The van der Waals surface area contributed by atoms with Gasteiger partial charge in [0.1, 0.15) is 11.9 Å². The van der Waals surface area contributed by atoms with E-state index in [2.05, 4.69) is 25.2 Å². The number of nitrogens with one attached hydrogen (secondary N) is 1. The fraction of sp³-hybridized carbons (Fsp3) is 0.538. The van der Waals surface area contributed by atoms with Gasteiger partial charge in [0.15, 0.2) is 5.82 Å². The highest BCUT2D eigenvalue weighted by atomic mass is 16.2. The third kappa shape index (κ3) is 2.31. The number of amides is 1. The number of nitrogens with zero attached hydrogens (tertiary/aromatic N) is 5. The van der Waals surface area contributed by atoms with Crippen LogP contribution in [-0.4, -0.2) is 30.5 Å². The van der Waals surface area contributed by atoms with Gasteiger partial charge in [0.2, 0.25) is 5.91 Å². The SMILES string of the molecule is CCC(C(=O)NCc1nnc2n1CCC2)n1cccn1. The number of hydrogen-bond acceptors (Lipinski definition) is 4. The first kappa shape index (κ1) is 12.8. The molecule has 0 aliphatic carbocycles. The third-order valence-electron chi connectivity index (χ3n) is 3.64. The van der Waals surface area contributed by atoms with Gasteiger partial charge in [0.25, 0.3) is 0 Å². The molecule has 1 atom stereocenters. The molecule has 3 rings (SSSR count). The second-order valence-electron chi connectivity index (χ2n) is 4.92. The summed E-state index contributed by atoms with van der Waals surface area (Å²) in [6, 6.07) is 1.55. The van der Waals surface area contributed by atoms with Crippen LogP contribution in [0.4, 0.5) is 0 Å². The van der Waals surface area contributed by atoms with Crippen LogP contribution >= 0.6 is 0 Å². The average molecular weight is 274 g/mol. The van der Waals surface area contributed by atoms with Crippen molar-refractivity contribution in [3.8, 4) is 0 Å². The van der Waals surface area contributed by atoms with Crippen molar-refractivity contribution in [1.29, 1.82) is 0 Å². The highest BCUT2D eigenvalue weighted by Crippen LogP contribution is 2.14. The molecule has 2 aromatic heterocycles. The summed E-state index contributed by atoms with van der Waals surface area (Å²) in [7, 11) is 0. The molecule has 1 unspecified atom stereocenters. The van der Waals surface area contributed by atoms with Crippen LogP contribution in [0.3, 0.4) is 0 Å². The number of fused-ring (bicyclic) bond motifs is 1. The van der Waals surface area contributed by atoms with Gasteiger partial charge < -0.3 is 9.88 Å². The van der Waals surface area contributed by atoms with E-state index in [1.165, 1.54) is 0 Å². The van der Waals surface area contributed by atoms with E-state index in [4.69, 9.17) is 0 Å². The molecule has 20 heavy (non-hydrogen) atoms. The quantitative estimate of drug-likeness (QED) is 0.870. The average Bonchev–Trinajstić information content (AvgIpc) is 3.15. The highest BCUT2D eigenvalue weighted by Gasteiger charge is 2.21. The first-order chi connectivity index (χ1) is 9.79. The Labute approximate surface area is 117 Å². The minimum atomic E-state index is -0.272. The number of aryl methyl sites for hydroxylation is 1. The van der Waals surface area contributed by atoms with Gasteiger partial charge in [0, 0.05) is 25.4 Å². The molecule has 0 aromatic carbocycles. The van der Waals surface area contributed by atoms with Gasteiger partial charge in [-0.15, -0.1) is 10.2 Å². The van der Waals surface area contributed by atoms with E-state index in [9.17, 15) is 4.79 Å². The second-order valence-corrected chi connectivity index (χ2v) is 4.92. The van der Waals surface area contributed by atoms with E-state index in [-0.39, 0.29) is 11.9 Å². The smallest absolute Gasteiger partial charge is 0.245 e. The molecule has 106 valence electrons. The van der Waals surface area contributed by atoms with Crippen molar-refractivity contribution in [3.05, 3.63) is 30.1 Å². The van der Waals surface area contributed by atoms with Crippen LogP contribution < -0.4 is 5.32 Å². The summed E-state index contributed by atoms with van der Waals surface area (Å²) in [4.78, 5) is 12.2. The molecule has 1 aliphatic rings. The molecule has 0 saturated heterocycles. The largest absolute Gasteiger partial charge is 0.347 e. The number of aromatic nitrogens is 5. The Morgan fingerprint density at radius 3 is 3.15 bits per heavy atom. The van der Waals surface area contributed by atoms with Crippen LogP contribution in [0.1, 0.15) is 37.5 Å². The predicted molar refractivity (Wildman–Crippen MR) is 71.7 cm³/mol. The molecular weight excluding hydrogens is 256 g/mol. The van der Waals surface area contributed by atoms with Gasteiger partial charge in [-0.1, -0.05) is 6.92 Å². The lowest BCUT2D eigenvalue weighted by molar-refractivity contribution is -0.124. The minimum absolute atomic E-state index is 0.0356. The van der Waals surface area contributed by atoms with Gasteiger partial charge in [-0.3, -0.25) is 9.48 Å². The van der Waals surface area contributed by atoms with E-state index in [0.717, 1.165) is 31.0 Å². The molecular formula is C13H18N6O. The molecule has 7 heteroatoms. The normalized spacial score (nSPS) is 15.1. The summed E-state index contributed by atoms with van der Waals surface area (Å²) < 4.78 is 3.78. The fourth-order valence-electron chi connectivity index (χ4n) is 2.58. The lowest BCUT2D eigenvalue weighted by Gasteiger charge is -2.15. The fourth-order valence-corrected chi connectivity index (χ4v) is 2.58. The molecule has 0 fully saturated rings. The maximum Gasteiger partial charge on any atom is 0.245 e. The van der Waals surface area contributed by atoms with Crippen LogP contribution in [0.5, 0.6) is 0 Å². The van der Waals surface area contributed by atoms with Crippen molar-refractivity contribution in [1.82, 2.24) is 29.9 Å². The van der Waals surface area contributed by atoms with E-state index in [1.54, 1.807) is 10.9 Å². The summed E-state index contributed by atoms with van der Waals surface area (Å²) >= 11 is 0. The van der Waals surface area contributed by atoms with Crippen LogP contribution in [0.25, 0.3) is 0 Å². The molecule has 2 aromatic rings. The molecule has 7 nitrogen and oxygen atoms in total. The first-order valence-corrected chi connectivity index (χ1v) is 6.97. The Balaban J connectivity index is 1.64. The Kier molecular flexibility index (Phi) is 3.49. The Hall–Kier alpha value is -2.18. The second kappa shape index (κ2) is 5.44. The summed E-state index contributed by atoms with van der Waals surface area (Å²) in [5.74, 6) is 1.82. The summed E-state index contributed by atoms with van der Waals surface area (Å²) in [5.41, 5.74) is 0. The molecule has 0 bridgehead atoms. The Morgan fingerprint density at radius 2 is 2.40 bits per heavy atom. The number of rotatable bonds is 5. The van der Waals surface area contributed by atoms with Crippen LogP contribution in [-0.2, 0) is 24.3 Å². The van der Waals surface area contributed by atoms with E-state index >= 15 is 0 Å². The van der Waals surface area contributed by atoms with Crippen molar-refractivity contribution >= 4 is 5.91 Å². The van der Waals surface area contributed by atoms with E-state index in [0.29, 0.717) is 13.0 Å². The first-order valence-electron chi connectivity index (χ1n) is 6.97. The zero-order chi connectivity index (χ0) is 13.9. The van der Waals surface area contributed by atoms with Gasteiger partial charge in [-0.05, 0) is 18.9 Å². The van der Waals surface area contributed by atoms with Gasteiger partial charge in [-0.25, -0.2) is 0 Å². The summed E-state index contributed by atoms with van der Waals surface area (Å²) in [6.45, 7) is 3.34. The summed E-state index contributed by atoms with van der Waals surface area (Å²) in [5, 5.41) is 15.3. The molecule has 1 amide bonds. The monoisotopic (exact) mass is 274 g/mol. The minimum Gasteiger partial charge on any atom is -0.347 e. The maximum absolute atomic E-state index is 12.2. The van der Waals surface area contributed by atoms with E-state index < -0.39 is 0 Å². The van der Waals surface area contributed by atoms with Gasteiger partial charge >= 0.3 is 0 Å². The molecule has 0 spiro atoms. The highest BCUT2D eigenvalue weighted by molar-refractivity contribution is 5.79. The van der Waals surface area contributed by atoms with Crippen molar-refractivity contribution in [2.75, 3.05) is 0 Å². The topological polar surface area (TPSA) is 77.6 Å². The molecule has 0 radical (unpaired) electrons. The Morgan fingerprint density at radius 1 is 1.50 bits per heavy atom. The van der Waals surface area contributed by atoms with Crippen LogP contribution in [0.15, 0.2) is 18.5 Å².